The van der Waals surface area contributed by atoms with Gasteiger partial charge in [0.15, 0.2) is 0 Å². The number of aromatic nitrogens is 1. The number of rotatable bonds is 5. The van der Waals surface area contributed by atoms with Gasteiger partial charge < -0.3 is 9.84 Å². The maximum atomic E-state index is 8.98. The molecule has 2 aromatic rings. The lowest BCUT2D eigenvalue weighted by Crippen LogP contribution is -2.00. The van der Waals surface area contributed by atoms with Gasteiger partial charge in [0.25, 0.3) is 0 Å². The first-order chi connectivity index (χ1) is 8.79. The zero-order valence-electron chi connectivity index (χ0n) is 9.84. The summed E-state index contributed by atoms with van der Waals surface area (Å²) in [6.45, 7) is 0.548. The summed E-state index contributed by atoms with van der Waals surface area (Å²) in [5.41, 5.74) is 1.97. The van der Waals surface area contributed by atoms with E-state index in [1.165, 1.54) is 0 Å². The molecule has 0 atom stereocenters. The number of nitrogens with zero attached hydrogens (tertiary/aromatic N) is 1. The molecular weight excluding hydrogens is 250 g/mol. The van der Waals surface area contributed by atoms with Crippen molar-refractivity contribution in [1.82, 2.24) is 4.98 Å². The van der Waals surface area contributed by atoms with Crippen LogP contribution in [0.3, 0.4) is 0 Å². The molecule has 0 aliphatic carbocycles. The van der Waals surface area contributed by atoms with Crippen LogP contribution in [0.25, 0.3) is 0 Å². The zero-order chi connectivity index (χ0) is 12.8. The fraction of sp³-hybridized carbons (Fsp3) is 0.214. The van der Waals surface area contributed by atoms with Crippen molar-refractivity contribution in [1.29, 1.82) is 0 Å². The molecule has 18 heavy (non-hydrogen) atoms. The molecule has 1 aromatic heterocycles. The SMILES string of the molecule is OCCc1ccccc1OCc1ccnc(Cl)c1. The first-order valence-corrected chi connectivity index (χ1v) is 6.09. The van der Waals surface area contributed by atoms with E-state index in [0.717, 1.165) is 16.9 Å². The van der Waals surface area contributed by atoms with Gasteiger partial charge in [-0.3, -0.25) is 0 Å². The van der Waals surface area contributed by atoms with E-state index in [1.807, 2.05) is 30.3 Å². The Morgan fingerprint density at radius 3 is 2.83 bits per heavy atom. The smallest absolute Gasteiger partial charge is 0.129 e. The summed E-state index contributed by atoms with van der Waals surface area (Å²) >= 11 is 5.81. The molecule has 0 aliphatic rings. The normalized spacial score (nSPS) is 10.3. The van der Waals surface area contributed by atoms with Crippen molar-refractivity contribution in [3.63, 3.8) is 0 Å². The van der Waals surface area contributed by atoms with Crippen molar-refractivity contribution in [3.05, 3.63) is 58.9 Å². The van der Waals surface area contributed by atoms with E-state index in [0.29, 0.717) is 18.2 Å². The van der Waals surface area contributed by atoms with Gasteiger partial charge in [-0.05, 0) is 35.7 Å². The Balaban J connectivity index is 2.06. The van der Waals surface area contributed by atoms with E-state index >= 15 is 0 Å². The highest BCUT2D eigenvalue weighted by Gasteiger charge is 2.03. The number of hydrogen-bond acceptors (Lipinski definition) is 3. The Hall–Kier alpha value is -1.58. The number of aliphatic hydroxyl groups excluding tert-OH is 1. The molecular formula is C14H14ClNO2. The van der Waals surface area contributed by atoms with Crippen LogP contribution < -0.4 is 4.74 Å². The Bertz CT molecular complexity index is 517. The van der Waals surface area contributed by atoms with E-state index in [1.54, 1.807) is 12.3 Å². The van der Waals surface area contributed by atoms with Crippen molar-refractivity contribution >= 4 is 11.6 Å². The molecule has 0 spiro atoms. The number of halogens is 1. The minimum Gasteiger partial charge on any atom is -0.489 e. The highest BCUT2D eigenvalue weighted by atomic mass is 35.5. The number of aliphatic hydroxyl groups is 1. The summed E-state index contributed by atoms with van der Waals surface area (Å²) in [5.74, 6) is 0.791. The molecule has 0 bridgehead atoms. The van der Waals surface area contributed by atoms with Crippen LogP contribution in [-0.2, 0) is 13.0 Å². The van der Waals surface area contributed by atoms with E-state index in [-0.39, 0.29) is 6.61 Å². The first-order valence-electron chi connectivity index (χ1n) is 5.71. The third kappa shape index (κ3) is 3.45. The third-order valence-corrected chi connectivity index (χ3v) is 2.75. The van der Waals surface area contributed by atoms with Crippen molar-refractivity contribution in [3.8, 4) is 5.75 Å². The molecule has 0 unspecified atom stereocenters. The highest BCUT2D eigenvalue weighted by Crippen LogP contribution is 2.20. The Morgan fingerprint density at radius 2 is 2.06 bits per heavy atom. The summed E-state index contributed by atoms with van der Waals surface area (Å²) in [4.78, 5) is 3.92. The lowest BCUT2D eigenvalue weighted by molar-refractivity contribution is 0.284. The van der Waals surface area contributed by atoms with Crippen molar-refractivity contribution in [2.45, 2.75) is 13.0 Å². The molecule has 0 amide bonds. The van der Waals surface area contributed by atoms with Crippen LogP contribution in [0.1, 0.15) is 11.1 Å². The average molecular weight is 264 g/mol. The van der Waals surface area contributed by atoms with E-state index in [9.17, 15) is 0 Å². The van der Waals surface area contributed by atoms with Crippen molar-refractivity contribution < 1.29 is 9.84 Å². The number of ether oxygens (including phenoxy) is 1. The number of hydrogen-bond donors (Lipinski definition) is 1. The van der Waals surface area contributed by atoms with Crippen LogP contribution >= 0.6 is 11.6 Å². The largest absolute Gasteiger partial charge is 0.489 e. The lowest BCUT2D eigenvalue weighted by atomic mass is 10.1. The molecule has 0 radical (unpaired) electrons. The van der Waals surface area contributed by atoms with Crippen molar-refractivity contribution in [2.24, 2.45) is 0 Å². The van der Waals surface area contributed by atoms with Gasteiger partial charge in [-0.15, -0.1) is 0 Å². The molecule has 2 rings (SSSR count). The Labute approximate surface area is 111 Å². The third-order valence-electron chi connectivity index (χ3n) is 2.54. The summed E-state index contributed by atoms with van der Waals surface area (Å²) in [5, 5.41) is 9.44. The van der Waals surface area contributed by atoms with Gasteiger partial charge in [0.1, 0.15) is 17.5 Å². The van der Waals surface area contributed by atoms with Crippen LogP contribution in [0.15, 0.2) is 42.6 Å². The molecule has 1 aromatic carbocycles. The number of pyridine rings is 1. The molecule has 0 aliphatic heterocycles. The maximum Gasteiger partial charge on any atom is 0.129 e. The zero-order valence-corrected chi connectivity index (χ0v) is 10.6. The second-order valence-electron chi connectivity index (χ2n) is 3.86. The number of para-hydroxylation sites is 1. The van der Waals surface area contributed by atoms with Crippen LogP contribution in [0, 0.1) is 0 Å². The number of benzene rings is 1. The monoisotopic (exact) mass is 263 g/mol. The predicted molar refractivity (Wildman–Crippen MR) is 70.8 cm³/mol. The van der Waals surface area contributed by atoms with Gasteiger partial charge in [0.05, 0.1) is 0 Å². The Morgan fingerprint density at radius 1 is 1.22 bits per heavy atom. The molecule has 1 N–H and O–H groups in total. The van der Waals surface area contributed by atoms with Crippen LogP contribution in [-0.4, -0.2) is 16.7 Å². The lowest BCUT2D eigenvalue weighted by Gasteiger charge is -2.10. The van der Waals surface area contributed by atoms with Gasteiger partial charge >= 0.3 is 0 Å². The van der Waals surface area contributed by atoms with Gasteiger partial charge in [-0.1, -0.05) is 29.8 Å². The van der Waals surface area contributed by atoms with Crippen LogP contribution in [0.5, 0.6) is 5.75 Å². The fourth-order valence-electron chi connectivity index (χ4n) is 1.67. The molecule has 0 fully saturated rings. The predicted octanol–water partition coefficient (Wildman–Crippen LogP) is 2.85. The quantitative estimate of drug-likeness (QED) is 0.844. The average Bonchev–Trinajstić information content (AvgIpc) is 2.38. The van der Waals surface area contributed by atoms with E-state index < -0.39 is 0 Å². The highest BCUT2D eigenvalue weighted by molar-refractivity contribution is 6.29. The summed E-state index contributed by atoms with van der Waals surface area (Å²) in [6, 6.07) is 11.3. The fourth-order valence-corrected chi connectivity index (χ4v) is 1.86. The van der Waals surface area contributed by atoms with Gasteiger partial charge in [-0.25, -0.2) is 4.98 Å². The summed E-state index contributed by atoms with van der Waals surface area (Å²) < 4.78 is 5.73. The molecule has 0 saturated heterocycles. The van der Waals surface area contributed by atoms with Gasteiger partial charge in [-0.2, -0.15) is 0 Å². The van der Waals surface area contributed by atoms with Crippen molar-refractivity contribution in [2.75, 3.05) is 6.61 Å². The molecule has 1 heterocycles. The minimum atomic E-state index is 0.113. The second-order valence-corrected chi connectivity index (χ2v) is 4.24. The molecule has 0 saturated carbocycles. The van der Waals surface area contributed by atoms with E-state index in [2.05, 4.69) is 4.98 Å². The topological polar surface area (TPSA) is 42.4 Å². The maximum absolute atomic E-state index is 8.98. The molecule has 3 nitrogen and oxygen atoms in total. The summed E-state index contributed by atoms with van der Waals surface area (Å²) in [7, 11) is 0. The second kappa shape index (κ2) is 6.38. The summed E-state index contributed by atoms with van der Waals surface area (Å²) in [6.07, 6.45) is 2.24. The van der Waals surface area contributed by atoms with Gasteiger partial charge in [0.2, 0.25) is 0 Å². The van der Waals surface area contributed by atoms with E-state index in [4.69, 9.17) is 21.4 Å². The van der Waals surface area contributed by atoms with Crippen LogP contribution in [0.4, 0.5) is 0 Å². The standard InChI is InChI=1S/C14H14ClNO2/c15-14-9-11(5-7-16-14)10-18-13-4-2-1-3-12(13)6-8-17/h1-5,7,9,17H,6,8,10H2. The Kier molecular flexibility index (Phi) is 4.56. The van der Waals surface area contributed by atoms with Crippen LogP contribution in [0.2, 0.25) is 5.15 Å². The first kappa shape index (κ1) is 12.9. The molecule has 94 valence electrons. The minimum absolute atomic E-state index is 0.113. The molecule has 4 heteroatoms. The van der Waals surface area contributed by atoms with Gasteiger partial charge in [0, 0.05) is 12.8 Å².